The Balaban J connectivity index is 1.40. The lowest BCUT2D eigenvalue weighted by Crippen LogP contribution is -2.58. The third kappa shape index (κ3) is 4.42. The molecule has 0 bridgehead atoms. The summed E-state index contributed by atoms with van der Waals surface area (Å²) in [5, 5.41) is 0. The molecule has 2 aliphatic heterocycles. The Kier molecular flexibility index (Phi) is 6.54. The van der Waals surface area contributed by atoms with Gasteiger partial charge in [0.2, 0.25) is 6.71 Å². The van der Waals surface area contributed by atoms with Crippen LogP contribution in [0.5, 0.6) is 0 Å². The molecule has 0 nitrogen and oxygen atoms in total. The van der Waals surface area contributed by atoms with Gasteiger partial charge in [0.15, 0.2) is 0 Å². The smallest absolute Gasteiger partial charge is 0.0905 e. The first kappa shape index (κ1) is 26.7. The maximum absolute atomic E-state index is 2.50. The molecule has 0 aromatic heterocycles. The zero-order valence-electron chi connectivity index (χ0n) is 24.5. The predicted octanol–water partition coefficient (Wildman–Crippen LogP) is 9.80. The van der Waals surface area contributed by atoms with Gasteiger partial charge in [-0.3, -0.25) is 0 Å². The third-order valence-electron chi connectivity index (χ3n) is 9.04. The maximum atomic E-state index is 2.50. The highest BCUT2D eigenvalue weighted by Gasteiger charge is 2.40. The summed E-state index contributed by atoms with van der Waals surface area (Å²) in [5.74, 6) is 0. The van der Waals surface area contributed by atoms with Crippen LogP contribution in [-0.4, -0.2) is 6.71 Å². The van der Waals surface area contributed by atoms with Crippen LogP contribution in [0.3, 0.4) is 0 Å². The Bertz CT molecular complexity index is 2070. The molecule has 0 amide bonds. The van der Waals surface area contributed by atoms with Crippen molar-refractivity contribution in [1.29, 1.82) is 0 Å². The second-order valence-corrected chi connectivity index (χ2v) is 13.7. The maximum Gasteiger partial charge on any atom is 0.247 e. The monoisotopic (exact) mass is 606 g/mol. The summed E-state index contributed by atoms with van der Waals surface area (Å²) in [6.45, 7) is 0.177. The van der Waals surface area contributed by atoms with E-state index >= 15 is 0 Å². The molecule has 45 heavy (non-hydrogen) atoms. The van der Waals surface area contributed by atoms with Gasteiger partial charge >= 0.3 is 0 Å². The van der Waals surface area contributed by atoms with Gasteiger partial charge in [-0.15, -0.1) is 0 Å². The summed E-state index contributed by atoms with van der Waals surface area (Å²) in [4.78, 5) is 5.44. The van der Waals surface area contributed by atoms with Gasteiger partial charge in [0.05, 0.1) is 0 Å². The molecule has 3 heteroatoms. The van der Waals surface area contributed by atoms with Crippen molar-refractivity contribution < 1.29 is 0 Å². The van der Waals surface area contributed by atoms with Crippen LogP contribution in [0.4, 0.5) is 0 Å². The lowest BCUT2D eigenvalue weighted by Gasteiger charge is -2.36. The molecule has 2 heterocycles. The van der Waals surface area contributed by atoms with E-state index in [-0.39, 0.29) is 6.71 Å². The van der Waals surface area contributed by atoms with E-state index in [1.54, 1.807) is 0 Å². The minimum Gasteiger partial charge on any atom is -0.0905 e. The molecule has 0 fully saturated rings. The molecule has 9 rings (SSSR count). The van der Waals surface area contributed by atoms with Gasteiger partial charge in [-0.25, -0.2) is 0 Å². The lowest BCUT2D eigenvalue weighted by atomic mass is 9.36. The zero-order chi connectivity index (χ0) is 29.7. The normalized spacial score (nSPS) is 12.7. The van der Waals surface area contributed by atoms with Gasteiger partial charge in [-0.1, -0.05) is 180 Å². The van der Waals surface area contributed by atoms with E-state index in [0.717, 1.165) is 0 Å². The van der Waals surface area contributed by atoms with Crippen LogP contribution >= 0.6 is 23.5 Å². The number of rotatable bonds is 4. The van der Waals surface area contributed by atoms with Crippen LogP contribution < -0.4 is 16.4 Å². The first-order chi connectivity index (χ1) is 22.3. The van der Waals surface area contributed by atoms with Crippen molar-refractivity contribution in [3.05, 3.63) is 164 Å². The molecule has 0 saturated heterocycles. The van der Waals surface area contributed by atoms with Gasteiger partial charge in [0, 0.05) is 19.6 Å². The summed E-state index contributed by atoms with van der Waals surface area (Å²) in [7, 11) is 0. The van der Waals surface area contributed by atoms with Gasteiger partial charge < -0.3 is 0 Å². The van der Waals surface area contributed by atoms with Crippen LogP contribution in [0.1, 0.15) is 0 Å². The van der Waals surface area contributed by atoms with E-state index in [1.165, 1.54) is 80.5 Å². The molecule has 7 aromatic rings. The van der Waals surface area contributed by atoms with Crippen LogP contribution in [0.15, 0.2) is 183 Å². The van der Waals surface area contributed by atoms with Crippen molar-refractivity contribution in [3.63, 3.8) is 0 Å². The summed E-state index contributed by atoms with van der Waals surface area (Å²) in [6.07, 6.45) is 0. The topological polar surface area (TPSA) is 0 Å². The Hall–Kier alpha value is -4.70. The van der Waals surface area contributed by atoms with Crippen molar-refractivity contribution >= 4 is 46.6 Å². The summed E-state index contributed by atoms with van der Waals surface area (Å²) in [5.41, 5.74) is 14.4. The summed E-state index contributed by atoms with van der Waals surface area (Å²) >= 11 is 3.88. The van der Waals surface area contributed by atoms with E-state index in [4.69, 9.17) is 0 Å². The van der Waals surface area contributed by atoms with E-state index < -0.39 is 0 Å². The number of hydrogen-bond acceptors (Lipinski definition) is 2. The SMILES string of the molecule is c1ccc(-c2ccccc2-c2cc(-c3ccccc3-c3ccccc3)c3c4c2Sc2ccccc2B4c2ccccc2S3)cc1. The average Bonchev–Trinajstić information content (AvgIpc) is 3.12. The average molecular weight is 607 g/mol. The van der Waals surface area contributed by atoms with E-state index in [2.05, 4.69) is 164 Å². The fourth-order valence-corrected chi connectivity index (χ4v) is 9.67. The Morgan fingerprint density at radius 3 is 1.18 bits per heavy atom. The van der Waals surface area contributed by atoms with Crippen LogP contribution in [0.25, 0.3) is 44.5 Å². The van der Waals surface area contributed by atoms with Gasteiger partial charge in [-0.2, -0.15) is 0 Å². The fourth-order valence-electron chi connectivity index (χ4n) is 7.05. The van der Waals surface area contributed by atoms with E-state index in [1.807, 2.05) is 23.5 Å². The second-order valence-electron chi connectivity index (χ2n) is 11.6. The number of benzene rings is 7. The third-order valence-corrected chi connectivity index (χ3v) is 11.5. The predicted molar refractivity (Wildman–Crippen MR) is 194 cm³/mol. The second kappa shape index (κ2) is 11.0. The Morgan fingerprint density at radius 2 is 0.711 bits per heavy atom. The molecule has 0 N–H and O–H groups in total. The van der Waals surface area contributed by atoms with Crippen LogP contribution in [0, 0.1) is 0 Å². The molecule has 0 atom stereocenters. The molecule has 0 spiro atoms. The quantitative estimate of drug-likeness (QED) is 0.183. The van der Waals surface area contributed by atoms with Crippen molar-refractivity contribution in [1.82, 2.24) is 0 Å². The summed E-state index contributed by atoms with van der Waals surface area (Å²) < 4.78 is 0. The van der Waals surface area contributed by atoms with Gasteiger partial charge in [-0.05, 0) is 68.2 Å². The lowest BCUT2D eigenvalue weighted by molar-refractivity contribution is 1.33. The molecule has 210 valence electrons. The first-order valence-electron chi connectivity index (χ1n) is 15.4. The van der Waals surface area contributed by atoms with E-state index in [0.29, 0.717) is 0 Å². The molecular formula is C42H27BS2. The van der Waals surface area contributed by atoms with Crippen molar-refractivity contribution in [2.24, 2.45) is 0 Å². The highest BCUT2D eigenvalue weighted by atomic mass is 32.2. The molecule has 0 unspecified atom stereocenters. The largest absolute Gasteiger partial charge is 0.247 e. The molecule has 0 aliphatic carbocycles. The van der Waals surface area contributed by atoms with Gasteiger partial charge in [0.25, 0.3) is 0 Å². The molecule has 0 saturated carbocycles. The standard InChI is InChI=1S/C42H27BS2/c1-3-15-28(16-4-1)30-19-7-9-21-32(30)34-27-35(33-22-10-8-20-31(33)29-17-5-2-6-18-29)42-40-41(34)44-38-25-13-11-23-36(38)43(40)37-24-12-14-26-39(37)45-42/h1-27H. The molecule has 2 aliphatic rings. The molecular weight excluding hydrogens is 579 g/mol. The minimum absolute atomic E-state index is 0.177. The minimum atomic E-state index is 0.177. The number of hydrogen-bond donors (Lipinski definition) is 0. The van der Waals surface area contributed by atoms with E-state index in [9.17, 15) is 0 Å². The molecule has 7 aromatic carbocycles. The van der Waals surface area contributed by atoms with Gasteiger partial charge in [0.1, 0.15) is 0 Å². The molecule has 0 radical (unpaired) electrons. The number of fused-ring (bicyclic) bond motifs is 4. The Morgan fingerprint density at radius 1 is 0.333 bits per heavy atom. The highest BCUT2D eigenvalue weighted by molar-refractivity contribution is 8.01. The van der Waals surface area contributed by atoms with Crippen LogP contribution in [0.2, 0.25) is 0 Å². The Labute approximate surface area is 273 Å². The van der Waals surface area contributed by atoms with Crippen molar-refractivity contribution in [2.75, 3.05) is 0 Å². The first-order valence-corrected chi connectivity index (χ1v) is 17.0. The van der Waals surface area contributed by atoms with Crippen LogP contribution in [-0.2, 0) is 0 Å². The zero-order valence-corrected chi connectivity index (χ0v) is 26.1. The fraction of sp³-hybridized carbons (Fsp3) is 0. The highest BCUT2D eigenvalue weighted by Crippen LogP contribution is 2.49. The summed E-state index contributed by atoms with van der Waals surface area (Å²) in [6, 6.07) is 60.1. The van der Waals surface area contributed by atoms with Crippen molar-refractivity contribution in [2.45, 2.75) is 19.6 Å². The van der Waals surface area contributed by atoms with Crippen molar-refractivity contribution in [3.8, 4) is 44.5 Å².